The van der Waals surface area contributed by atoms with Gasteiger partial charge in [0.1, 0.15) is 0 Å². The highest BCUT2D eigenvalue weighted by molar-refractivity contribution is 6.17. The maximum atomic E-state index is 5.69. The van der Waals surface area contributed by atoms with Crippen LogP contribution in [0.15, 0.2) is 36.5 Å². The molecule has 0 fully saturated rings. The molecule has 0 saturated heterocycles. The number of aryl methyl sites for hydroxylation is 1. The summed E-state index contributed by atoms with van der Waals surface area (Å²) in [7, 11) is 0. The van der Waals surface area contributed by atoms with Crippen LogP contribution in [0.2, 0.25) is 0 Å². The van der Waals surface area contributed by atoms with Gasteiger partial charge in [0.15, 0.2) is 0 Å². The van der Waals surface area contributed by atoms with E-state index in [1.807, 2.05) is 24.4 Å². The van der Waals surface area contributed by atoms with Crippen LogP contribution in [0, 0.1) is 0 Å². The third-order valence-corrected chi connectivity index (χ3v) is 2.59. The third kappa shape index (κ3) is 1.88. The molecule has 2 aromatic rings. The van der Waals surface area contributed by atoms with Crippen LogP contribution in [0.1, 0.15) is 12.0 Å². The zero-order valence-electron chi connectivity index (χ0n) is 7.91. The predicted octanol–water partition coefficient (Wildman–Crippen LogP) is 3.41. The van der Waals surface area contributed by atoms with Gasteiger partial charge in [-0.3, -0.25) is 4.98 Å². The fraction of sp³-hybridized carbons (Fsp3) is 0.250. The second-order valence-corrected chi connectivity index (χ2v) is 3.66. The number of halogens is 1. The quantitative estimate of drug-likeness (QED) is 0.700. The molecule has 0 radical (unpaired) electrons. The zero-order valence-corrected chi connectivity index (χ0v) is 8.67. The summed E-state index contributed by atoms with van der Waals surface area (Å²) in [6, 6.07) is 10.3. The number of alkyl halides is 1. The molecule has 1 aromatic heterocycles. The van der Waals surface area contributed by atoms with E-state index in [0.29, 0.717) is 0 Å². The van der Waals surface area contributed by atoms with Gasteiger partial charge in [-0.05, 0) is 30.5 Å². The normalized spacial score (nSPS) is 10.6. The van der Waals surface area contributed by atoms with Crippen molar-refractivity contribution in [2.75, 3.05) is 5.88 Å². The van der Waals surface area contributed by atoms with Gasteiger partial charge in [-0.25, -0.2) is 0 Å². The Morgan fingerprint density at radius 1 is 1.14 bits per heavy atom. The maximum absolute atomic E-state index is 5.69. The van der Waals surface area contributed by atoms with Gasteiger partial charge in [0.2, 0.25) is 0 Å². The summed E-state index contributed by atoms with van der Waals surface area (Å²) in [6.45, 7) is 0. The summed E-state index contributed by atoms with van der Waals surface area (Å²) in [5.74, 6) is 0.719. The van der Waals surface area contributed by atoms with Gasteiger partial charge in [0.05, 0.1) is 5.52 Å². The Hall–Kier alpha value is -1.08. The number of hydrogen-bond acceptors (Lipinski definition) is 1. The summed E-state index contributed by atoms with van der Waals surface area (Å²) < 4.78 is 0. The van der Waals surface area contributed by atoms with Crippen LogP contribution in [0.5, 0.6) is 0 Å². The molecule has 0 N–H and O–H groups in total. The molecule has 0 aliphatic rings. The fourth-order valence-electron chi connectivity index (χ4n) is 1.63. The number of benzene rings is 1. The molecule has 72 valence electrons. The van der Waals surface area contributed by atoms with E-state index < -0.39 is 0 Å². The lowest BCUT2D eigenvalue weighted by Gasteiger charge is -2.03. The Morgan fingerprint density at radius 2 is 2.00 bits per heavy atom. The average molecular weight is 206 g/mol. The van der Waals surface area contributed by atoms with E-state index in [9.17, 15) is 0 Å². The molecule has 0 amide bonds. The van der Waals surface area contributed by atoms with Crippen molar-refractivity contribution in [3.8, 4) is 0 Å². The highest BCUT2D eigenvalue weighted by Gasteiger charge is 1.99. The molecule has 1 aromatic carbocycles. The van der Waals surface area contributed by atoms with E-state index in [4.69, 9.17) is 11.6 Å². The first-order chi connectivity index (χ1) is 6.92. The van der Waals surface area contributed by atoms with Crippen LogP contribution in [0.25, 0.3) is 10.9 Å². The molecule has 14 heavy (non-hydrogen) atoms. The van der Waals surface area contributed by atoms with E-state index >= 15 is 0 Å². The Labute approximate surface area is 88.7 Å². The van der Waals surface area contributed by atoms with Gasteiger partial charge in [0, 0.05) is 17.5 Å². The van der Waals surface area contributed by atoms with E-state index in [2.05, 4.69) is 17.1 Å². The molecular formula is C12H12ClN. The van der Waals surface area contributed by atoms with Crippen molar-refractivity contribution in [2.45, 2.75) is 12.8 Å². The highest BCUT2D eigenvalue weighted by Crippen LogP contribution is 2.17. The van der Waals surface area contributed by atoms with Crippen molar-refractivity contribution in [3.05, 3.63) is 42.1 Å². The van der Waals surface area contributed by atoms with E-state index in [1.54, 1.807) is 0 Å². The first-order valence-electron chi connectivity index (χ1n) is 4.80. The zero-order chi connectivity index (χ0) is 9.80. The Bertz CT molecular complexity index is 420. The molecule has 1 heterocycles. The lowest BCUT2D eigenvalue weighted by molar-refractivity contribution is 0.935. The lowest BCUT2D eigenvalue weighted by atomic mass is 10.1. The Balaban J connectivity index is 2.43. The van der Waals surface area contributed by atoms with Crippen molar-refractivity contribution in [1.82, 2.24) is 4.98 Å². The van der Waals surface area contributed by atoms with Crippen LogP contribution < -0.4 is 0 Å². The predicted molar refractivity (Wildman–Crippen MR) is 60.8 cm³/mol. The van der Waals surface area contributed by atoms with Gasteiger partial charge in [-0.2, -0.15) is 0 Å². The molecule has 2 rings (SSSR count). The van der Waals surface area contributed by atoms with E-state index in [0.717, 1.165) is 24.2 Å². The van der Waals surface area contributed by atoms with Gasteiger partial charge in [-0.1, -0.05) is 18.2 Å². The van der Waals surface area contributed by atoms with E-state index in [1.165, 1.54) is 10.9 Å². The minimum atomic E-state index is 0.719. The molecule has 2 heteroatoms. The average Bonchev–Trinajstić information content (AvgIpc) is 2.26. The van der Waals surface area contributed by atoms with Crippen molar-refractivity contribution < 1.29 is 0 Å². The standard InChI is InChI=1S/C12H12ClN/c13-8-3-4-10-7-9-14-12-6-2-1-5-11(10)12/h1-2,5-7,9H,3-4,8H2. The SMILES string of the molecule is ClCCCc1ccnc2ccccc12. The second kappa shape index (κ2) is 4.43. The first-order valence-corrected chi connectivity index (χ1v) is 5.34. The molecular weight excluding hydrogens is 194 g/mol. The summed E-state index contributed by atoms with van der Waals surface area (Å²) in [5.41, 5.74) is 2.41. The van der Waals surface area contributed by atoms with Crippen molar-refractivity contribution in [2.24, 2.45) is 0 Å². The topological polar surface area (TPSA) is 12.9 Å². The molecule has 0 bridgehead atoms. The molecule has 0 spiro atoms. The number of nitrogens with zero attached hydrogens (tertiary/aromatic N) is 1. The first kappa shape index (κ1) is 9.47. The minimum Gasteiger partial charge on any atom is -0.256 e. The largest absolute Gasteiger partial charge is 0.256 e. The van der Waals surface area contributed by atoms with Crippen molar-refractivity contribution in [1.29, 1.82) is 0 Å². The van der Waals surface area contributed by atoms with Crippen LogP contribution >= 0.6 is 11.6 Å². The van der Waals surface area contributed by atoms with E-state index in [-0.39, 0.29) is 0 Å². The smallest absolute Gasteiger partial charge is 0.0704 e. The number of aromatic nitrogens is 1. The Morgan fingerprint density at radius 3 is 2.86 bits per heavy atom. The Kier molecular flexibility index (Phi) is 3.00. The number of rotatable bonds is 3. The second-order valence-electron chi connectivity index (χ2n) is 3.28. The van der Waals surface area contributed by atoms with Crippen LogP contribution in [-0.4, -0.2) is 10.9 Å². The summed E-state index contributed by atoms with van der Waals surface area (Å²) in [6.07, 6.45) is 3.92. The summed E-state index contributed by atoms with van der Waals surface area (Å²) in [5, 5.41) is 1.25. The molecule has 0 saturated carbocycles. The van der Waals surface area contributed by atoms with Crippen LogP contribution in [0.3, 0.4) is 0 Å². The highest BCUT2D eigenvalue weighted by atomic mass is 35.5. The molecule has 0 aliphatic carbocycles. The van der Waals surface area contributed by atoms with Gasteiger partial charge in [-0.15, -0.1) is 11.6 Å². The number of hydrogen-bond donors (Lipinski definition) is 0. The summed E-state index contributed by atoms with van der Waals surface area (Å²) in [4.78, 5) is 4.32. The lowest BCUT2D eigenvalue weighted by Crippen LogP contribution is -1.89. The fourth-order valence-corrected chi connectivity index (χ4v) is 1.76. The van der Waals surface area contributed by atoms with Gasteiger partial charge < -0.3 is 0 Å². The molecule has 0 unspecified atom stereocenters. The van der Waals surface area contributed by atoms with Crippen LogP contribution in [0.4, 0.5) is 0 Å². The molecule has 1 nitrogen and oxygen atoms in total. The summed E-state index contributed by atoms with van der Waals surface area (Å²) >= 11 is 5.69. The number of pyridine rings is 1. The number of para-hydroxylation sites is 1. The monoisotopic (exact) mass is 205 g/mol. The van der Waals surface area contributed by atoms with Gasteiger partial charge in [0.25, 0.3) is 0 Å². The molecule has 0 aliphatic heterocycles. The van der Waals surface area contributed by atoms with Gasteiger partial charge >= 0.3 is 0 Å². The van der Waals surface area contributed by atoms with Crippen LogP contribution in [-0.2, 0) is 6.42 Å². The maximum Gasteiger partial charge on any atom is 0.0704 e. The minimum absolute atomic E-state index is 0.719. The van der Waals surface area contributed by atoms with Crippen molar-refractivity contribution >= 4 is 22.5 Å². The molecule has 0 atom stereocenters. The number of fused-ring (bicyclic) bond motifs is 1. The third-order valence-electron chi connectivity index (χ3n) is 2.32. The van der Waals surface area contributed by atoms with Crippen molar-refractivity contribution in [3.63, 3.8) is 0 Å².